The van der Waals surface area contributed by atoms with E-state index in [4.69, 9.17) is 14.2 Å². The molecule has 1 aromatic rings. The molecular weight excluding hydrogens is 394 g/mol. The summed E-state index contributed by atoms with van der Waals surface area (Å²) in [6.45, 7) is 3.47. The highest BCUT2D eigenvalue weighted by atomic mass is 16.6. The Morgan fingerprint density at radius 1 is 1.17 bits per heavy atom. The second kappa shape index (κ2) is 9.12. The van der Waals surface area contributed by atoms with Crippen molar-refractivity contribution in [3.05, 3.63) is 39.6 Å². The van der Waals surface area contributed by atoms with Crippen molar-refractivity contribution in [3.63, 3.8) is 0 Å². The zero-order valence-corrected chi connectivity index (χ0v) is 17.3. The molecule has 0 saturated carbocycles. The third kappa shape index (κ3) is 4.23. The van der Waals surface area contributed by atoms with E-state index in [2.05, 4.69) is 6.92 Å². The molecule has 0 spiro atoms. The molecule has 10 nitrogen and oxygen atoms in total. The highest BCUT2D eigenvalue weighted by Gasteiger charge is 2.34. The molecule has 2 aliphatic heterocycles. The second-order valence-corrected chi connectivity index (χ2v) is 7.32. The van der Waals surface area contributed by atoms with Gasteiger partial charge in [0, 0.05) is 19.2 Å². The fraction of sp³-hybridized carbons (Fsp3) is 0.500. The second-order valence-electron chi connectivity index (χ2n) is 7.32. The number of anilines is 2. The van der Waals surface area contributed by atoms with E-state index < -0.39 is 16.9 Å². The molecule has 2 heterocycles. The molecule has 0 bridgehead atoms. The van der Waals surface area contributed by atoms with Gasteiger partial charge in [0.1, 0.15) is 18.1 Å². The Morgan fingerprint density at radius 2 is 1.83 bits per heavy atom. The van der Waals surface area contributed by atoms with E-state index in [1.165, 1.54) is 25.2 Å². The molecule has 0 N–H and O–H groups in total. The smallest absolute Gasteiger partial charge is 0.355 e. The summed E-state index contributed by atoms with van der Waals surface area (Å²) < 4.78 is 15.0. The topological polar surface area (TPSA) is 111 Å². The summed E-state index contributed by atoms with van der Waals surface area (Å²) in [5.41, 5.74) is 0.746. The van der Waals surface area contributed by atoms with Crippen molar-refractivity contribution in [2.45, 2.75) is 19.8 Å². The number of piperidine rings is 1. The Kier molecular flexibility index (Phi) is 6.56. The van der Waals surface area contributed by atoms with Crippen LogP contribution in [-0.2, 0) is 23.8 Å². The number of nitro benzene ring substituents is 1. The molecule has 1 fully saturated rings. The lowest BCUT2D eigenvalue weighted by Gasteiger charge is -2.33. The van der Waals surface area contributed by atoms with E-state index in [9.17, 15) is 19.7 Å². The summed E-state index contributed by atoms with van der Waals surface area (Å²) in [7, 11) is 2.39. The van der Waals surface area contributed by atoms with Crippen LogP contribution in [0.1, 0.15) is 19.8 Å². The number of rotatable bonds is 5. The van der Waals surface area contributed by atoms with Gasteiger partial charge in [-0.3, -0.25) is 10.1 Å². The van der Waals surface area contributed by atoms with E-state index in [1.54, 1.807) is 12.1 Å². The number of ether oxygens (including phenoxy) is 3. The average molecular weight is 419 g/mol. The van der Waals surface area contributed by atoms with E-state index >= 15 is 0 Å². The van der Waals surface area contributed by atoms with Crippen LogP contribution in [0, 0.1) is 16.0 Å². The number of nitrogens with zero attached hydrogens (tertiary/aromatic N) is 3. The summed E-state index contributed by atoms with van der Waals surface area (Å²) in [5.74, 6) is -0.890. The Hall–Kier alpha value is -3.14. The maximum Gasteiger partial charge on any atom is 0.355 e. The van der Waals surface area contributed by atoms with Crippen LogP contribution in [0.25, 0.3) is 0 Å². The van der Waals surface area contributed by atoms with Gasteiger partial charge in [0.25, 0.3) is 5.69 Å². The molecule has 3 rings (SSSR count). The van der Waals surface area contributed by atoms with Crippen molar-refractivity contribution < 1.29 is 28.7 Å². The molecule has 10 heteroatoms. The summed E-state index contributed by atoms with van der Waals surface area (Å²) in [5, 5.41) is 11.8. The Bertz CT molecular complexity index is 875. The third-order valence-corrected chi connectivity index (χ3v) is 5.42. The van der Waals surface area contributed by atoms with Gasteiger partial charge in [-0.05, 0) is 30.9 Å². The molecule has 0 atom stereocenters. The first-order valence-electron chi connectivity index (χ1n) is 9.65. The third-order valence-electron chi connectivity index (χ3n) is 5.42. The van der Waals surface area contributed by atoms with Crippen molar-refractivity contribution >= 4 is 29.0 Å². The summed E-state index contributed by atoms with van der Waals surface area (Å²) in [6.07, 6.45) is 1.94. The van der Waals surface area contributed by atoms with Gasteiger partial charge in [-0.25, -0.2) is 9.59 Å². The first-order valence-corrected chi connectivity index (χ1v) is 9.65. The van der Waals surface area contributed by atoms with Crippen molar-refractivity contribution in [1.29, 1.82) is 0 Å². The van der Waals surface area contributed by atoms with Gasteiger partial charge in [0.15, 0.2) is 0 Å². The average Bonchev–Trinajstić information content (AvgIpc) is 2.77. The minimum absolute atomic E-state index is 0.00709. The van der Waals surface area contributed by atoms with Crippen LogP contribution in [0.3, 0.4) is 0 Å². The van der Waals surface area contributed by atoms with Gasteiger partial charge >= 0.3 is 11.9 Å². The SMILES string of the molecule is COC(=O)C1=C(C(=O)OC)N(c2ccc(N3CCC(C)CC3)c([N+](=O)[O-])c2)COC1. The number of methoxy groups -OCH3 is 2. The number of hydrogen-bond acceptors (Lipinski definition) is 9. The lowest BCUT2D eigenvalue weighted by molar-refractivity contribution is -0.384. The Labute approximate surface area is 174 Å². The molecule has 1 aromatic carbocycles. The van der Waals surface area contributed by atoms with Gasteiger partial charge < -0.3 is 24.0 Å². The van der Waals surface area contributed by atoms with Crippen molar-refractivity contribution in [1.82, 2.24) is 0 Å². The number of benzene rings is 1. The van der Waals surface area contributed by atoms with Crippen LogP contribution in [-0.4, -0.2) is 57.5 Å². The summed E-state index contributed by atoms with van der Waals surface area (Å²) in [6, 6.07) is 4.73. The predicted octanol–water partition coefficient (Wildman–Crippen LogP) is 2.23. The molecular formula is C20H25N3O7. The van der Waals surface area contributed by atoms with Crippen LogP contribution in [0.5, 0.6) is 0 Å². The zero-order chi connectivity index (χ0) is 21.8. The first kappa shape index (κ1) is 21.6. The molecule has 0 amide bonds. The van der Waals surface area contributed by atoms with Crippen LogP contribution >= 0.6 is 0 Å². The zero-order valence-electron chi connectivity index (χ0n) is 17.3. The lowest BCUT2D eigenvalue weighted by Crippen LogP contribution is -2.39. The van der Waals surface area contributed by atoms with E-state index in [0.29, 0.717) is 17.3 Å². The number of hydrogen-bond donors (Lipinski definition) is 0. The van der Waals surface area contributed by atoms with E-state index in [1.807, 2.05) is 4.90 Å². The van der Waals surface area contributed by atoms with Gasteiger partial charge in [-0.1, -0.05) is 6.92 Å². The highest BCUT2D eigenvalue weighted by molar-refractivity contribution is 6.03. The fourth-order valence-corrected chi connectivity index (χ4v) is 3.69. The predicted molar refractivity (Wildman–Crippen MR) is 108 cm³/mol. The maximum atomic E-state index is 12.4. The van der Waals surface area contributed by atoms with Crippen LogP contribution in [0.15, 0.2) is 29.5 Å². The highest BCUT2D eigenvalue weighted by Crippen LogP contribution is 2.36. The summed E-state index contributed by atoms with van der Waals surface area (Å²) >= 11 is 0. The fourth-order valence-electron chi connectivity index (χ4n) is 3.69. The van der Waals surface area contributed by atoms with Gasteiger partial charge in [-0.15, -0.1) is 0 Å². The molecule has 0 radical (unpaired) electrons. The quantitative estimate of drug-likeness (QED) is 0.403. The molecule has 0 aromatic heterocycles. The van der Waals surface area contributed by atoms with Crippen LogP contribution in [0.4, 0.5) is 17.1 Å². The van der Waals surface area contributed by atoms with Crippen molar-refractivity contribution in [3.8, 4) is 0 Å². The number of carbonyl (C=O) groups excluding carboxylic acids is 2. The van der Waals surface area contributed by atoms with Gasteiger partial charge in [0.05, 0.1) is 37.0 Å². The molecule has 0 aliphatic carbocycles. The monoisotopic (exact) mass is 419 g/mol. The van der Waals surface area contributed by atoms with Gasteiger partial charge in [-0.2, -0.15) is 0 Å². The minimum Gasteiger partial charge on any atom is -0.466 e. The first-order chi connectivity index (χ1) is 14.4. The molecule has 162 valence electrons. The molecule has 0 unspecified atom stereocenters. The van der Waals surface area contributed by atoms with Crippen molar-refractivity contribution in [2.75, 3.05) is 50.4 Å². The summed E-state index contributed by atoms with van der Waals surface area (Å²) in [4.78, 5) is 39.3. The number of esters is 2. The van der Waals surface area contributed by atoms with Crippen molar-refractivity contribution in [2.24, 2.45) is 5.92 Å². The molecule has 1 saturated heterocycles. The largest absolute Gasteiger partial charge is 0.466 e. The van der Waals surface area contributed by atoms with E-state index in [0.717, 1.165) is 25.9 Å². The lowest BCUT2D eigenvalue weighted by atomic mass is 9.98. The maximum absolute atomic E-state index is 12.4. The van der Waals surface area contributed by atoms with Gasteiger partial charge in [0.2, 0.25) is 0 Å². The minimum atomic E-state index is -0.754. The normalized spacial score (nSPS) is 17.7. The number of nitro groups is 1. The Morgan fingerprint density at radius 3 is 2.43 bits per heavy atom. The van der Waals surface area contributed by atoms with Crippen LogP contribution < -0.4 is 9.80 Å². The number of carbonyl (C=O) groups is 2. The molecule has 2 aliphatic rings. The molecule has 30 heavy (non-hydrogen) atoms. The Balaban J connectivity index is 2.03. The standard InChI is InChI=1S/C20H25N3O7/c1-13-6-8-21(9-7-13)16-5-4-14(10-17(16)23(26)27)22-12-30-11-15(19(24)28-2)18(22)20(25)29-3/h4-5,10,13H,6-9,11-12H2,1-3H3. The van der Waals surface area contributed by atoms with E-state index in [-0.39, 0.29) is 30.3 Å². The van der Waals surface area contributed by atoms with Crippen LogP contribution in [0.2, 0.25) is 0 Å².